The first kappa shape index (κ1) is 19.5. The molecule has 2 aliphatic rings. The van der Waals surface area contributed by atoms with Gasteiger partial charge in [-0.2, -0.15) is 4.31 Å². The van der Waals surface area contributed by atoms with Crippen LogP contribution >= 0.6 is 0 Å². The zero-order chi connectivity index (χ0) is 20.4. The Hall–Kier alpha value is -2.79. The topological polar surface area (TPSA) is 126 Å². The Morgan fingerprint density at radius 3 is 2.72 bits per heavy atom. The minimum Gasteiger partial charge on any atom is -0.354 e. The average Bonchev–Trinajstić information content (AvgIpc) is 3.33. The van der Waals surface area contributed by atoms with Crippen molar-refractivity contribution < 1.29 is 18.0 Å². The number of amides is 2. The monoisotopic (exact) mass is 418 g/mol. The van der Waals surface area contributed by atoms with Crippen LogP contribution in [0.5, 0.6) is 0 Å². The van der Waals surface area contributed by atoms with Crippen LogP contribution in [0.3, 0.4) is 0 Å². The highest BCUT2D eigenvalue weighted by molar-refractivity contribution is 7.89. The molecule has 3 heterocycles. The number of carbonyl (C=O) groups excluding carboxylic acids is 2. The molecule has 0 radical (unpaired) electrons. The Balaban J connectivity index is 1.35. The molecule has 11 heteroatoms. The molecule has 1 saturated heterocycles. The highest BCUT2D eigenvalue weighted by Gasteiger charge is 2.29. The lowest BCUT2D eigenvalue weighted by Gasteiger charge is -2.25. The summed E-state index contributed by atoms with van der Waals surface area (Å²) in [6.45, 7) is 1.65. The molecule has 2 aromatic rings. The fourth-order valence-electron chi connectivity index (χ4n) is 3.53. The maximum Gasteiger partial charge on any atom is 0.251 e. The third-order valence-corrected chi connectivity index (χ3v) is 6.94. The van der Waals surface area contributed by atoms with Gasteiger partial charge in [0.15, 0.2) is 0 Å². The smallest absolute Gasteiger partial charge is 0.251 e. The van der Waals surface area contributed by atoms with Crippen LogP contribution < -0.4 is 10.6 Å². The third kappa shape index (κ3) is 4.01. The van der Waals surface area contributed by atoms with Crippen molar-refractivity contribution in [1.29, 1.82) is 0 Å². The summed E-state index contributed by atoms with van der Waals surface area (Å²) in [6.07, 6.45) is 2.60. The number of nitrogens with one attached hydrogen (secondary N) is 2. The number of hydrogen-bond acceptors (Lipinski definition) is 6. The number of hydrogen-bond donors (Lipinski definition) is 2. The second kappa shape index (κ2) is 7.91. The van der Waals surface area contributed by atoms with Crippen LogP contribution in [0.1, 0.15) is 28.4 Å². The Kier molecular flexibility index (Phi) is 5.33. The normalized spacial score (nSPS) is 17.0. The fraction of sp³-hybridized carbons (Fsp3) is 0.444. The number of benzene rings is 1. The number of aryl methyl sites for hydroxylation is 1. The Bertz CT molecular complexity index is 1030. The largest absolute Gasteiger partial charge is 0.354 e. The fourth-order valence-corrected chi connectivity index (χ4v) is 4.93. The number of fused-ring (bicyclic) bond motifs is 1. The van der Waals surface area contributed by atoms with E-state index >= 15 is 0 Å². The Morgan fingerprint density at radius 1 is 1.17 bits per heavy atom. The van der Waals surface area contributed by atoms with Gasteiger partial charge >= 0.3 is 0 Å². The lowest BCUT2D eigenvalue weighted by Crippen LogP contribution is -2.49. The van der Waals surface area contributed by atoms with Crippen molar-refractivity contribution in [3.63, 3.8) is 0 Å². The highest BCUT2D eigenvalue weighted by Crippen LogP contribution is 2.17. The van der Waals surface area contributed by atoms with Gasteiger partial charge in [0.2, 0.25) is 15.9 Å². The van der Waals surface area contributed by atoms with E-state index in [2.05, 4.69) is 25.4 Å². The number of sulfonamides is 1. The van der Waals surface area contributed by atoms with Crippen LogP contribution in [0.25, 0.3) is 0 Å². The maximum atomic E-state index is 12.6. The van der Waals surface area contributed by atoms with Gasteiger partial charge in [0.05, 0.1) is 11.4 Å². The minimum absolute atomic E-state index is 0.0581. The van der Waals surface area contributed by atoms with E-state index in [-0.39, 0.29) is 36.3 Å². The van der Waals surface area contributed by atoms with E-state index in [4.69, 9.17) is 0 Å². The predicted molar refractivity (Wildman–Crippen MR) is 103 cm³/mol. The second-order valence-corrected chi connectivity index (χ2v) is 8.94. The Labute approximate surface area is 168 Å². The summed E-state index contributed by atoms with van der Waals surface area (Å²) in [5.41, 5.74) is 0.367. The summed E-state index contributed by atoms with van der Waals surface area (Å²) in [7, 11) is -3.77. The van der Waals surface area contributed by atoms with Crippen LogP contribution in [-0.2, 0) is 34.2 Å². The van der Waals surface area contributed by atoms with Crippen molar-refractivity contribution in [3.8, 4) is 0 Å². The van der Waals surface area contributed by atoms with E-state index in [1.807, 2.05) is 0 Å². The molecular formula is C18H22N6O4S. The van der Waals surface area contributed by atoms with Gasteiger partial charge in [-0.1, -0.05) is 0 Å². The number of carbonyl (C=O) groups is 2. The van der Waals surface area contributed by atoms with Gasteiger partial charge < -0.3 is 15.2 Å². The van der Waals surface area contributed by atoms with Crippen molar-refractivity contribution in [2.75, 3.05) is 26.2 Å². The van der Waals surface area contributed by atoms with Gasteiger partial charge in [0, 0.05) is 44.6 Å². The molecule has 10 nitrogen and oxygen atoms in total. The van der Waals surface area contributed by atoms with Gasteiger partial charge in [0.1, 0.15) is 11.6 Å². The van der Waals surface area contributed by atoms with Gasteiger partial charge in [-0.15, -0.1) is 10.2 Å². The van der Waals surface area contributed by atoms with E-state index in [1.54, 1.807) is 0 Å². The summed E-state index contributed by atoms with van der Waals surface area (Å²) < 4.78 is 28.5. The second-order valence-electron chi connectivity index (χ2n) is 7.01. The summed E-state index contributed by atoms with van der Waals surface area (Å²) in [5.74, 6) is 1.25. The lowest BCUT2D eigenvalue weighted by molar-refractivity contribution is -0.122. The van der Waals surface area contributed by atoms with E-state index in [1.165, 1.54) is 24.3 Å². The number of aromatic nitrogens is 3. The van der Waals surface area contributed by atoms with Crippen molar-refractivity contribution in [3.05, 3.63) is 41.5 Å². The van der Waals surface area contributed by atoms with Gasteiger partial charge in [-0.3, -0.25) is 9.59 Å². The molecule has 2 N–H and O–H groups in total. The lowest BCUT2D eigenvalue weighted by atomic mass is 10.2. The molecule has 1 aromatic carbocycles. The summed E-state index contributed by atoms with van der Waals surface area (Å²) in [5, 5.41) is 13.7. The molecule has 0 unspecified atom stereocenters. The molecule has 29 heavy (non-hydrogen) atoms. The zero-order valence-electron chi connectivity index (χ0n) is 15.8. The quantitative estimate of drug-likeness (QED) is 0.640. The SMILES string of the molecule is O=C1CN(S(=O)(=O)c2ccc(C(=O)NCCc3nnc4n3CCC4)cc2)CCN1. The summed E-state index contributed by atoms with van der Waals surface area (Å²) in [4.78, 5) is 23.9. The minimum atomic E-state index is -3.77. The van der Waals surface area contributed by atoms with Crippen LogP contribution in [0.4, 0.5) is 0 Å². The number of rotatable bonds is 6. The zero-order valence-corrected chi connectivity index (χ0v) is 16.6. The van der Waals surface area contributed by atoms with Crippen molar-refractivity contribution >= 4 is 21.8 Å². The molecule has 0 atom stereocenters. The standard InChI is InChI=1S/C18H22N6O4S/c25-17-12-23(11-9-19-17)29(27,28)14-5-3-13(4-6-14)18(26)20-8-7-16-22-21-15-2-1-10-24(15)16/h3-6H,1-2,7-12H2,(H,19,25)(H,20,26). The Morgan fingerprint density at radius 2 is 1.97 bits per heavy atom. The van der Waals surface area contributed by atoms with E-state index < -0.39 is 10.0 Å². The van der Waals surface area contributed by atoms with Gasteiger partial charge in [-0.25, -0.2) is 8.42 Å². The molecule has 2 amide bonds. The molecule has 2 aliphatic heterocycles. The van der Waals surface area contributed by atoms with Crippen molar-refractivity contribution in [2.45, 2.75) is 30.7 Å². The molecular weight excluding hydrogens is 396 g/mol. The first-order chi connectivity index (χ1) is 13.9. The van der Waals surface area contributed by atoms with Crippen molar-refractivity contribution in [1.82, 2.24) is 29.7 Å². The molecule has 4 rings (SSSR count). The maximum absolute atomic E-state index is 12.6. The first-order valence-corrected chi connectivity index (χ1v) is 11.0. The van der Waals surface area contributed by atoms with Crippen LogP contribution in [-0.4, -0.2) is 65.5 Å². The third-order valence-electron chi connectivity index (χ3n) is 5.08. The molecule has 0 spiro atoms. The van der Waals surface area contributed by atoms with Gasteiger partial charge in [0.25, 0.3) is 5.91 Å². The number of nitrogens with zero attached hydrogens (tertiary/aromatic N) is 4. The molecule has 1 aromatic heterocycles. The van der Waals surface area contributed by atoms with E-state index in [0.29, 0.717) is 18.5 Å². The van der Waals surface area contributed by atoms with Crippen molar-refractivity contribution in [2.24, 2.45) is 0 Å². The van der Waals surface area contributed by atoms with E-state index in [0.717, 1.165) is 35.3 Å². The molecule has 0 saturated carbocycles. The molecule has 1 fully saturated rings. The number of piperazine rings is 1. The average molecular weight is 418 g/mol. The van der Waals surface area contributed by atoms with Crippen LogP contribution in [0, 0.1) is 0 Å². The molecule has 0 bridgehead atoms. The summed E-state index contributed by atoms with van der Waals surface area (Å²) in [6, 6.07) is 5.73. The molecule has 0 aliphatic carbocycles. The highest BCUT2D eigenvalue weighted by atomic mass is 32.2. The van der Waals surface area contributed by atoms with E-state index in [9.17, 15) is 18.0 Å². The summed E-state index contributed by atoms with van der Waals surface area (Å²) >= 11 is 0. The van der Waals surface area contributed by atoms with Crippen LogP contribution in [0.2, 0.25) is 0 Å². The van der Waals surface area contributed by atoms with Crippen LogP contribution in [0.15, 0.2) is 29.2 Å². The predicted octanol–water partition coefficient (Wildman–Crippen LogP) is -0.683. The molecule has 154 valence electrons. The first-order valence-electron chi connectivity index (χ1n) is 9.51. The van der Waals surface area contributed by atoms with Gasteiger partial charge in [-0.05, 0) is 30.7 Å².